The number of aryl methyl sites for hydroxylation is 1. The fourth-order valence-electron chi connectivity index (χ4n) is 5.33. The molecule has 0 bridgehead atoms. The van der Waals surface area contributed by atoms with Crippen LogP contribution in [-0.4, -0.2) is 23.3 Å². The summed E-state index contributed by atoms with van der Waals surface area (Å²) < 4.78 is 0. The monoisotopic (exact) mass is 326 g/mol. The fourth-order valence-corrected chi connectivity index (χ4v) is 5.33. The Balaban J connectivity index is 2.01. The number of fused-ring (bicyclic) bond motifs is 1. The van der Waals surface area contributed by atoms with Crippen molar-refractivity contribution in [3.63, 3.8) is 0 Å². The minimum Gasteiger partial charge on any atom is -0.292 e. The van der Waals surface area contributed by atoms with E-state index >= 15 is 0 Å². The number of nitriles is 1. The highest BCUT2D eigenvalue weighted by Crippen LogP contribution is 2.53. The summed E-state index contributed by atoms with van der Waals surface area (Å²) in [6.45, 7) is 14.5. The van der Waals surface area contributed by atoms with Gasteiger partial charge in [-0.25, -0.2) is 0 Å². The topological polar surface area (TPSA) is 36.3 Å². The van der Waals surface area contributed by atoms with Crippen LogP contribution in [0.5, 0.6) is 0 Å². The fraction of sp³-hybridized carbons (Fsp3) is 0.667. The standard InChI is InChI=1S/C21H30N2O/c1-7-23-19-15(3)11-21(6,12-18(19)20(4,5)24-23)17-10-16(13-22)9-8-14(17)2/h8-10,15,18-19H,7,11-12H2,1-6H3/t15-,18+,19+,21+/m0/s1. The van der Waals surface area contributed by atoms with E-state index in [0.717, 1.165) is 24.9 Å². The molecule has 1 saturated carbocycles. The first-order valence-electron chi connectivity index (χ1n) is 9.19. The summed E-state index contributed by atoms with van der Waals surface area (Å²) >= 11 is 0. The van der Waals surface area contributed by atoms with Gasteiger partial charge in [-0.15, -0.1) is 0 Å². The molecular weight excluding hydrogens is 296 g/mol. The Morgan fingerprint density at radius 2 is 2.00 bits per heavy atom. The third kappa shape index (κ3) is 2.66. The van der Waals surface area contributed by atoms with Crippen LogP contribution in [0, 0.1) is 30.1 Å². The summed E-state index contributed by atoms with van der Waals surface area (Å²) in [5, 5.41) is 11.5. The van der Waals surface area contributed by atoms with Gasteiger partial charge in [-0.05, 0) is 68.2 Å². The average Bonchev–Trinajstić information content (AvgIpc) is 2.78. The van der Waals surface area contributed by atoms with Crippen molar-refractivity contribution in [1.82, 2.24) is 5.06 Å². The van der Waals surface area contributed by atoms with E-state index < -0.39 is 0 Å². The molecule has 1 aromatic carbocycles. The van der Waals surface area contributed by atoms with E-state index in [9.17, 15) is 5.26 Å². The lowest BCUT2D eigenvalue weighted by atomic mass is 9.58. The molecule has 0 N–H and O–H groups in total. The number of rotatable bonds is 2. The molecule has 4 atom stereocenters. The second kappa shape index (κ2) is 5.86. The Morgan fingerprint density at radius 3 is 2.62 bits per heavy atom. The van der Waals surface area contributed by atoms with E-state index in [1.807, 2.05) is 6.07 Å². The molecular formula is C21H30N2O. The second-order valence-corrected chi connectivity index (χ2v) is 8.61. The number of hydroxylamine groups is 2. The normalized spacial score (nSPS) is 35.5. The molecule has 130 valence electrons. The largest absolute Gasteiger partial charge is 0.292 e. The molecule has 1 aromatic rings. The van der Waals surface area contributed by atoms with Crippen molar-refractivity contribution in [3.05, 3.63) is 34.9 Å². The highest BCUT2D eigenvalue weighted by molar-refractivity contribution is 5.42. The zero-order valence-corrected chi connectivity index (χ0v) is 15.9. The van der Waals surface area contributed by atoms with E-state index in [2.05, 4.69) is 64.8 Å². The van der Waals surface area contributed by atoms with Crippen LogP contribution in [0.4, 0.5) is 0 Å². The Kier molecular flexibility index (Phi) is 4.26. The molecule has 1 aliphatic carbocycles. The van der Waals surface area contributed by atoms with Gasteiger partial charge in [0.15, 0.2) is 0 Å². The lowest BCUT2D eigenvalue weighted by molar-refractivity contribution is -0.195. The van der Waals surface area contributed by atoms with Crippen LogP contribution in [0.15, 0.2) is 18.2 Å². The molecule has 0 aromatic heterocycles. The Labute approximate surface area is 146 Å². The van der Waals surface area contributed by atoms with Crippen LogP contribution in [0.3, 0.4) is 0 Å². The van der Waals surface area contributed by atoms with Crippen LogP contribution >= 0.6 is 0 Å². The van der Waals surface area contributed by atoms with Gasteiger partial charge in [0.25, 0.3) is 0 Å². The number of benzene rings is 1. The van der Waals surface area contributed by atoms with Gasteiger partial charge in [-0.3, -0.25) is 4.84 Å². The lowest BCUT2D eigenvalue weighted by Crippen LogP contribution is -2.49. The molecule has 0 spiro atoms. The summed E-state index contributed by atoms with van der Waals surface area (Å²) in [5.74, 6) is 1.08. The number of nitrogens with zero attached hydrogens (tertiary/aromatic N) is 2. The predicted octanol–water partition coefficient (Wildman–Crippen LogP) is 4.58. The molecule has 1 heterocycles. The summed E-state index contributed by atoms with van der Waals surface area (Å²) in [4.78, 5) is 6.30. The Hall–Kier alpha value is -1.37. The molecule has 3 nitrogen and oxygen atoms in total. The highest BCUT2D eigenvalue weighted by atomic mass is 16.7. The van der Waals surface area contributed by atoms with Crippen molar-refractivity contribution >= 4 is 0 Å². The van der Waals surface area contributed by atoms with Crippen LogP contribution in [-0.2, 0) is 10.3 Å². The first-order valence-corrected chi connectivity index (χ1v) is 9.19. The van der Waals surface area contributed by atoms with Crippen molar-refractivity contribution in [2.45, 2.75) is 71.4 Å². The van der Waals surface area contributed by atoms with E-state index in [0.29, 0.717) is 17.9 Å². The summed E-state index contributed by atoms with van der Waals surface area (Å²) in [5.41, 5.74) is 3.38. The third-order valence-electron chi connectivity index (χ3n) is 6.34. The third-order valence-corrected chi connectivity index (χ3v) is 6.34. The smallest absolute Gasteiger partial charge is 0.0991 e. The Morgan fingerprint density at radius 1 is 1.29 bits per heavy atom. The second-order valence-electron chi connectivity index (χ2n) is 8.61. The highest BCUT2D eigenvalue weighted by Gasteiger charge is 2.56. The summed E-state index contributed by atoms with van der Waals surface area (Å²) in [7, 11) is 0. The lowest BCUT2D eigenvalue weighted by Gasteiger charge is -2.47. The van der Waals surface area contributed by atoms with Gasteiger partial charge in [-0.1, -0.05) is 26.8 Å². The van der Waals surface area contributed by atoms with Crippen molar-refractivity contribution in [2.75, 3.05) is 6.54 Å². The Bertz CT molecular complexity index is 675. The van der Waals surface area contributed by atoms with Crippen LogP contribution in [0.25, 0.3) is 0 Å². The first kappa shape index (κ1) is 17.5. The first-order chi connectivity index (χ1) is 11.2. The van der Waals surface area contributed by atoms with E-state index in [4.69, 9.17) is 4.84 Å². The van der Waals surface area contributed by atoms with Gasteiger partial charge >= 0.3 is 0 Å². The maximum atomic E-state index is 9.31. The SMILES string of the molecule is CCN1OC(C)(C)[C@@H]2C[C@](C)(c3cc(C#N)ccc3C)C[C@H](C)[C@H]21. The van der Waals surface area contributed by atoms with Gasteiger partial charge in [0.05, 0.1) is 17.2 Å². The van der Waals surface area contributed by atoms with Crippen LogP contribution < -0.4 is 0 Å². The van der Waals surface area contributed by atoms with Crippen molar-refractivity contribution in [2.24, 2.45) is 11.8 Å². The van der Waals surface area contributed by atoms with Gasteiger partial charge in [-0.2, -0.15) is 10.3 Å². The zero-order chi connectivity index (χ0) is 17.7. The molecule has 24 heavy (non-hydrogen) atoms. The minimum atomic E-state index is -0.128. The van der Waals surface area contributed by atoms with E-state index in [-0.39, 0.29) is 11.0 Å². The molecule has 3 rings (SSSR count). The summed E-state index contributed by atoms with van der Waals surface area (Å²) in [6.07, 6.45) is 2.25. The van der Waals surface area contributed by atoms with Gasteiger partial charge in [0.1, 0.15) is 0 Å². The van der Waals surface area contributed by atoms with Gasteiger partial charge in [0.2, 0.25) is 0 Å². The molecule has 0 unspecified atom stereocenters. The van der Waals surface area contributed by atoms with Gasteiger partial charge < -0.3 is 0 Å². The number of hydrogen-bond donors (Lipinski definition) is 0. The molecule has 1 aliphatic heterocycles. The molecule has 1 saturated heterocycles. The molecule has 0 amide bonds. The van der Waals surface area contributed by atoms with Crippen LogP contribution in [0.2, 0.25) is 0 Å². The summed E-state index contributed by atoms with van der Waals surface area (Å²) in [6, 6.07) is 8.95. The van der Waals surface area contributed by atoms with Crippen molar-refractivity contribution in [1.29, 1.82) is 5.26 Å². The van der Waals surface area contributed by atoms with E-state index in [1.165, 1.54) is 11.1 Å². The van der Waals surface area contributed by atoms with Crippen molar-refractivity contribution in [3.8, 4) is 6.07 Å². The number of hydrogen-bond acceptors (Lipinski definition) is 3. The van der Waals surface area contributed by atoms with Crippen molar-refractivity contribution < 1.29 is 4.84 Å². The molecule has 0 radical (unpaired) electrons. The molecule has 2 fully saturated rings. The van der Waals surface area contributed by atoms with E-state index in [1.54, 1.807) is 0 Å². The average molecular weight is 326 g/mol. The van der Waals surface area contributed by atoms with Crippen LogP contribution in [0.1, 0.15) is 64.2 Å². The maximum Gasteiger partial charge on any atom is 0.0991 e. The molecule has 3 heteroatoms. The quantitative estimate of drug-likeness (QED) is 0.798. The minimum absolute atomic E-state index is 0.0991. The van der Waals surface area contributed by atoms with Gasteiger partial charge in [0, 0.05) is 18.5 Å². The zero-order valence-electron chi connectivity index (χ0n) is 15.9. The molecule has 2 aliphatic rings. The maximum absolute atomic E-state index is 9.31. The predicted molar refractivity (Wildman–Crippen MR) is 96.5 cm³/mol.